The van der Waals surface area contributed by atoms with Crippen molar-refractivity contribution in [1.29, 1.82) is 0 Å². The number of hydrogen-bond donors (Lipinski definition) is 3. The normalized spacial score (nSPS) is 11.3. The summed E-state index contributed by atoms with van der Waals surface area (Å²) in [6.07, 6.45) is 0.223. The molecule has 0 saturated carbocycles. The first kappa shape index (κ1) is 28.1. The van der Waals surface area contributed by atoms with E-state index < -0.39 is 13.1 Å². The molecule has 32 heavy (non-hydrogen) atoms. The summed E-state index contributed by atoms with van der Waals surface area (Å²) in [5, 5.41) is 16.1. The van der Waals surface area contributed by atoms with Gasteiger partial charge >= 0.3 is 0 Å². The van der Waals surface area contributed by atoms with Crippen molar-refractivity contribution in [3.63, 3.8) is 0 Å². The van der Waals surface area contributed by atoms with Gasteiger partial charge in [-0.1, -0.05) is 0 Å². The highest BCUT2D eigenvalue weighted by Gasteiger charge is 2.23. The Hall–Kier alpha value is -1.97. The number of aliphatic carboxylic acids is 1. The number of aromatic nitrogens is 2. The second kappa shape index (κ2) is 14.2. The van der Waals surface area contributed by atoms with E-state index in [1.165, 1.54) is 0 Å². The molecule has 1 aromatic heterocycles. The predicted molar refractivity (Wildman–Crippen MR) is 123 cm³/mol. The lowest BCUT2D eigenvalue weighted by Gasteiger charge is -2.09. The highest BCUT2D eigenvalue weighted by Crippen LogP contribution is 2.36. The van der Waals surface area contributed by atoms with E-state index in [0.717, 1.165) is 30.3 Å². The van der Waals surface area contributed by atoms with Crippen molar-refractivity contribution in [2.24, 2.45) is 5.73 Å². The Morgan fingerprint density at radius 1 is 1.19 bits per heavy atom. The van der Waals surface area contributed by atoms with Crippen molar-refractivity contribution in [1.82, 2.24) is 4.57 Å². The minimum absolute atomic E-state index is 0.0198. The van der Waals surface area contributed by atoms with Gasteiger partial charge in [0, 0.05) is 13.0 Å². The van der Waals surface area contributed by atoms with Crippen LogP contribution in [-0.2, 0) is 38.5 Å². The number of fused-ring (bicyclic) bond motifs is 1. The Kier molecular flexibility index (Phi) is 12.5. The predicted octanol–water partition coefficient (Wildman–Crippen LogP) is 1.48. The highest BCUT2D eigenvalue weighted by atomic mass is 31.2. The van der Waals surface area contributed by atoms with E-state index >= 15 is 0 Å². The van der Waals surface area contributed by atoms with E-state index in [1.54, 1.807) is 13.3 Å². The topological polar surface area (TPSA) is 137 Å². The Balaban J connectivity index is 0.00000118. The van der Waals surface area contributed by atoms with E-state index in [-0.39, 0.29) is 13.0 Å². The van der Waals surface area contributed by atoms with Crippen LogP contribution in [0.25, 0.3) is 11.0 Å². The molecule has 0 aliphatic rings. The largest absolute Gasteiger partial charge is 0.486 e. The van der Waals surface area contributed by atoms with Crippen LogP contribution in [-0.4, -0.2) is 73.5 Å². The maximum Gasteiger partial charge on any atom is 0.300 e. The van der Waals surface area contributed by atoms with Crippen molar-refractivity contribution in [3.05, 3.63) is 24.0 Å². The maximum atomic E-state index is 11.9. The van der Waals surface area contributed by atoms with Crippen molar-refractivity contribution >= 4 is 24.1 Å². The highest BCUT2D eigenvalue weighted by molar-refractivity contribution is 7.62. The zero-order valence-electron chi connectivity index (χ0n) is 19.5. The van der Waals surface area contributed by atoms with Gasteiger partial charge in [0.15, 0.2) is 11.0 Å². The van der Waals surface area contributed by atoms with Crippen molar-refractivity contribution in [3.8, 4) is 5.75 Å². The Morgan fingerprint density at radius 2 is 1.81 bits per heavy atom. The fourth-order valence-corrected chi connectivity index (χ4v) is 3.52. The average Bonchev–Trinajstić information content (AvgIpc) is 3.02. The fraction of sp³-hybridized carbons (Fsp3) is 0.619. The van der Waals surface area contributed by atoms with Gasteiger partial charge in [-0.05, 0) is 32.4 Å². The molecule has 0 aliphatic carbocycles. The van der Waals surface area contributed by atoms with Crippen LogP contribution >= 0.6 is 7.14 Å². The number of carboxylic acid groups (broad SMARTS) is 1. The molecule has 0 atom stereocenters. The van der Waals surface area contributed by atoms with Crippen LogP contribution in [0.1, 0.15) is 19.7 Å². The first-order valence-corrected chi connectivity index (χ1v) is 13.3. The first-order chi connectivity index (χ1) is 15.1. The molecule has 182 valence electrons. The number of rotatable bonds is 13. The number of imidazole rings is 1. The summed E-state index contributed by atoms with van der Waals surface area (Å²) in [7, 11) is -2.24. The number of hydrogen-bond acceptors (Lipinski definition) is 7. The van der Waals surface area contributed by atoms with Gasteiger partial charge in [0.2, 0.25) is 0 Å². The van der Waals surface area contributed by atoms with Gasteiger partial charge < -0.3 is 34.7 Å². The molecule has 0 aliphatic heterocycles. The molecule has 0 bridgehead atoms. The monoisotopic (exact) mass is 474 g/mol. The SMILES string of the molecule is CC(=O)O.CCn1c(CN)[n+](CCOCCOCCO)c2ccc(OCP(C)(C)=O)cc21. The van der Waals surface area contributed by atoms with Gasteiger partial charge in [0.25, 0.3) is 11.8 Å². The molecule has 0 fully saturated rings. The van der Waals surface area contributed by atoms with Crippen LogP contribution < -0.4 is 15.0 Å². The molecular weight excluding hydrogens is 437 g/mol. The van der Waals surface area contributed by atoms with E-state index in [0.29, 0.717) is 45.3 Å². The van der Waals surface area contributed by atoms with Crippen LogP contribution in [0.15, 0.2) is 18.2 Å². The number of ether oxygens (including phenoxy) is 3. The summed E-state index contributed by atoms with van der Waals surface area (Å²) in [6, 6.07) is 5.89. The lowest BCUT2D eigenvalue weighted by atomic mass is 10.3. The number of aliphatic hydroxyl groups is 1. The van der Waals surface area contributed by atoms with Crippen LogP contribution in [0.2, 0.25) is 0 Å². The number of aryl methyl sites for hydroxylation is 1. The minimum Gasteiger partial charge on any atom is -0.486 e. The van der Waals surface area contributed by atoms with Gasteiger partial charge in [-0.15, -0.1) is 0 Å². The van der Waals surface area contributed by atoms with Gasteiger partial charge in [-0.25, -0.2) is 9.13 Å². The number of benzene rings is 1. The summed E-state index contributed by atoms with van der Waals surface area (Å²) < 4.78 is 32.8. The quantitative estimate of drug-likeness (QED) is 0.226. The zero-order chi connectivity index (χ0) is 24.1. The minimum atomic E-state index is -2.24. The molecule has 0 spiro atoms. The molecule has 1 aromatic carbocycles. The second-order valence-electron chi connectivity index (χ2n) is 7.48. The molecule has 0 saturated heterocycles. The Labute approximate surface area is 189 Å². The number of carboxylic acids is 1. The van der Waals surface area contributed by atoms with Crippen LogP contribution in [0.3, 0.4) is 0 Å². The third kappa shape index (κ3) is 9.67. The van der Waals surface area contributed by atoms with Gasteiger partial charge in [0.05, 0.1) is 46.1 Å². The molecular formula is C21H37N3O7P+. The van der Waals surface area contributed by atoms with Crippen LogP contribution in [0, 0.1) is 0 Å². The molecule has 2 aromatic rings. The molecule has 0 amide bonds. The van der Waals surface area contributed by atoms with Crippen molar-refractivity contribution in [2.45, 2.75) is 33.5 Å². The molecule has 0 radical (unpaired) electrons. The molecule has 11 heteroatoms. The number of aliphatic hydroxyl groups excluding tert-OH is 1. The van der Waals surface area contributed by atoms with Crippen molar-refractivity contribution < 1.29 is 38.4 Å². The Morgan fingerprint density at radius 3 is 2.34 bits per heavy atom. The molecule has 0 unspecified atom stereocenters. The molecule has 2 rings (SSSR count). The van der Waals surface area contributed by atoms with E-state index in [2.05, 4.69) is 16.1 Å². The number of nitrogens with two attached hydrogens (primary N) is 1. The summed E-state index contributed by atoms with van der Waals surface area (Å²) >= 11 is 0. The smallest absolute Gasteiger partial charge is 0.300 e. The second-order valence-corrected chi connectivity index (χ2v) is 10.9. The standard InChI is InChI=1S/C19H33N3O5P.C2H4O2/c1-4-21-18-13-16(27-15-28(2,3)24)5-6-17(18)22(19(21)14-20)7-9-25-11-12-26-10-8-23;1-2(3)4/h5-6,13,23H,4,7-12,14-15,20H2,1-3H3;1H3,(H,3,4)/q+1;. The van der Waals surface area contributed by atoms with Crippen molar-refractivity contribution in [2.75, 3.05) is 52.7 Å². The van der Waals surface area contributed by atoms with Crippen LogP contribution in [0.5, 0.6) is 5.75 Å². The average molecular weight is 475 g/mol. The lowest BCUT2D eigenvalue weighted by molar-refractivity contribution is -0.681. The summed E-state index contributed by atoms with van der Waals surface area (Å²) in [4.78, 5) is 9.00. The summed E-state index contributed by atoms with van der Waals surface area (Å²) in [5.41, 5.74) is 8.13. The van der Waals surface area contributed by atoms with E-state index in [4.69, 9.17) is 35.0 Å². The number of nitrogens with zero attached hydrogens (tertiary/aromatic N) is 2. The third-order valence-electron chi connectivity index (χ3n) is 4.26. The lowest BCUT2D eigenvalue weighted by Crippen LogP contribution is -2.41. The maximum absolute atomic E-state index is 11.9. The van der Waals surface area contributed by atoms with Crippen LogP contribution in [0.4, 0.5) is 0 Å². The molecule has 1 heterocycles. The van der Waals surface area contributed by atoms with E-state index in [1.807, 2.05) is 18.2 Å². The van der Waals surface area contributed by atoms with Gasteiger partial charge in [-0.2, -0.15) is 0 Å². The van der Waals surface area contributed by atoms with E-state index in [9.17, 15) is 4.57 Å². The molecule has 10 nitrogen and oxygen atoms in total. The first-order valence-electron chi connectivity index (χ1n) is 10.5. The third-order valence-corrected chi connectivity index (χ3v) is 5.01. The summed E-state index contributed by atoms with van der Waals surface area (Å²) in [6.45, 7) is 10.3. The van der Waals surface area contributed by atoms with Gasteiger partial charge in [0.1, 0.15) is 25.8 Å². The number of carbonyl (C=O) groups is 1. The molecule has 4 N–H and O–H groups in total. The van der Waals surface area contributed by atoms with Gasteiger partial charge in [-0.3, -0.25) is 4.79 Å². The zero-order valence-corrected chi connectivity index (χ0v) is 20.3. The fourth-order valence-electron chi connectivity index (χ4n) is 3.06. The summed E-state index contributed by atoms with van der Waals surface area (Å²) in [5.74, 6) is 0.892. The Bertz CT molecular complexity index is 891.